The zero-order chi connectivity index (χ0) is 19.1. The van der Waals surface area contributed by atoms with Crippen LogP contribution in [0.15, 0.2) is 25.3 Å². The Morgan fingerprint density at radius 1 is 0.519 bits per heavy atom. The molecule has 0 rings (SSSR count). The first-order chi connectivity index (χ1) is 12.8. The number of quaternary nitrogens is 1. The molecule has 1 nitrogen and oxygen atoms in total. The Kier molecular flexibility index (Phi) is 27.6. The second-order valence-corrected chi connectivity index (χ2v) is 8.21. The average Bonchev–Trinajstić information content (AvgIpc) is 2.64. The van der Waals surface area contributed by atoms with Crippen molar-refractivity contribution in [1.82, 2.24) is 0 Å². The molecule has 0 aliphatic carbocycles. The normalized spacial score (nSPS) is 10.7. The van der Waals surface area contributed by atoms with E-state index in [9.17, 15) is 0 Å². The first kappa shape index (κ1) is 28.9. The van der Waals surface area contributed by atoms with Crippen molar-refractivity contribution in [3.05, 3.63) is 25.3 Å². The molecular weight excluding hydrogens is 350 g/mol. The van der Waals surface area contributed by atoms with Gasteiger partial charge >= 0.3 is 0 Å². The summed E-state index contributed by atoms with van der Waals surface area (Å²) >= 11 is 0. The third-order valence-corrected chi connectivity index (χ3v) is 5.61. The molecule has 2 heteroatoms. The number of halogens is 1. The van der Waals surface area contributed by atoms with E-state index in [1.807, 2.05) is 0 Å². The van der Waals surface area contributed by atoms with Crippen LogP contribution in [0.1, 0.15) is 122 Å². The minimum Gasteiger partial charge on any atom is -1.00 e. The summed E-state index contributed by atoms with van der Waals surface area (Å²) in [7, 11) is 0. The molecule has 0 aliphatic heterocycles. The number of hydrogen-bond acceptors (Lipinski definition) is 0. The maximum Gasteiger partial charge on any atom is 0.0739 e. The van der Waals surface area contributed by atoms with Crippen molar-refractivity contribution in [1.29, 1.82) is 0 Å². The molecule has 0 saturated heterocycles. The standard InChI is InChI=1S/C25H49N.ClH/c1-3-21-25(22-4-2)23-19-17-15-13-11-9-7-5-6-8-10-12-14-16-18-20-24-26;/h3-4,25H,1-2,5-24,26H2;1H. The fourth-order valence-corrected chi connectivity index (χ4v) is 3.89. The lowest BCUT2D eigenvalue weighted by atomic mass is 9.94. The molecule has 0 heterocycles. The van der Waals surface area contributed by atoms with Crippen LogP contribution in [0.2, 0.25) is 0 Å². The van der Waals surface area contributed by atoms with E-state index >= 15 is 0 Å². The van der Waals surface area contributed by atoms with Crippen LogP contribution in [0.4, 0.5) is 0 Å². The molecule has 0 aromatic heterocycles. The predicted octanol–water partition coefficient (Wildman–Crippen LogP) is 4.63. The summed E-state index contributed by atoms with van der Waals surface area (Å²) in [6, 6.07) is 0. The zero-order valence-corrected chi connectivity index (χ0v) is 19.1. The van der Waals surface area contributed by atoms with Crippen LogP contribution in [-0.4, -0.2) is 6.54 Å². The highest BCUT2D eigenvalue weighted by Gasteiger charge is 2.04. The molecule has 0 radical (unpaired) electrons. The van der Waals surface area contributed by atoms with Gasteiger partial charge in [0, 0.05) is 0 Å². The van der Waals surface area contributed by atoms with Gasteiger partial charge in [0.15, 0.2) is 0 Å². The molecule has 3 N–H and O–H groups in total. The number of hydrogen-bond donors (Lipinski definition) is 1. The molecule has 27 heavy (non-hydrogen) atoms. The smallest absolute Gasteiger partial charge is 0.0739 e. The Labute approximate surface area is 178 Å². The van der Waals surface area contributed by atoms with E-state index in [1.165, 1.54) is 109 Å². The molecule has 0 aromatic carbocycles. The molecule has 0 aromatic rings. The van der Waals surface area contributed by atoms with Gasteiger partial charge in [-0.05, 0) is 38.0 Å². The van der Waals surface area contributed by atoms with Crippen molar-refractivity contribution in [2.24, 2.45) is 5.92 Å². The van der Waals surface area contributed by atoms with Gasteiger partial charge in [-0.1, -0.05) is 102 Å². The minimum absolute atomic E-state index is 0. The maximum absolute atomic E-state index is 3.91. The lowest BCUT2D eigenvalue weighted by Gasteiger charge is -2.12. The molecular formula is C25H50ClN. The number of unbranched alkanes of at least 4 members (excludes halogenated alkanes) is 15. The van der Waals surface area contributed by atoms with E-state index in [2.05, 4.69) is 31.0 Å². The van der Waals surface area contributed by atoms with E-state index in [-0.39, 0.29) is 12.4 Å². The van der Waals surface area contributed by atoms with Gasteiger partial charge in [0.05, 0.1) is 6.54 Å². The van der Waals surface area contributed by atoms with Crippen molar-refractivity contribution >= 4 is 0 Å². The Morgan fingerprint density at radius 3 is 1.11 bits per heavy atom. The molecule has 0 amide bonds. The van der Waals surface area contributed by atoms with Crippen LogP contribution >= 0.6 is 0 Å². The minimum atomic E-state index is 0. The second-order valence-electron chi connectivity index (χ2n) is 8.21. The van der Waals surface area contributed by atoms with Crippen LogP contribution in [0, 0.1) is 5.92 Å². The summed E-state index contributed by atoms with van der Waals surface area (Å²) in [6.07, 6.45) is 30.8. The topological polar surface area (TPSA) is 27.6 Å². The summed E-state index contributed by atoms with van der Waals surface area (Å²) in [6.45, 7) is 8.86. The largest absolute Gasteiger partial charge is 1.00 e. The lowest BCUT2D eigenvalue weighted by molar-refractivity contribution is -0.368. The van der Waals surface area contributed by atoms with Crippen molar-refractivity contribution < 1.29 is 18.1 Å². The number of rotatable bonds is 22. The average molecular weight is 400 g/mol. The van der Waals surface area contributed by atoms with Crippen LogP contribution in [0.25, 0.3) is 0 Å². The summed E-state index contributed by atoms with van der Waals surface area (Å²) in [4.78, 5) is 0. The Morgan fingerprint density at radius 2 is 0.815 bits per heavy atom. The molecule has 0 atom stereocenters. The van der Waals surface area contributed by atoms with E-state index in [0.29, 0.717) is 0 Å². The summed E-state index contributed by atoms with van der Waals surface area (Å²) in [5.74, 6) is 0.790. The summed E-state index contributed by atoms with van der Waals surface area (Å²) < 4.78 is 0. The third-order valence-electron chi connectivity index (χ3n) is 5.61. The Balaban J connectivity index is 0. The van der Waals surface area contributed by atoms with Crippen LogP contribution in [-0.2, 0) is 0 Å². The SMILES string of the molecule is C=CCC(CC=C)CCCCCCCCCCCCCCCCCC[NH3+].[Cl-]. The van der Waals surface area contributed by atoms with Crippen molar-refractivity contribution in [2.75, 3.05) is 6.54 Å². The first-order valence-corrected chi connectivity index (χ1v) is 11.9. The molecule has 0 aliphatic rings. The monoisotopic (exact) mass is 399 g/mol. The zero-order valence-electron chi connectivity index (χ0n) is 18.4. The maximum atomic E-state index is 3.91. The van der Waals surface area contributed by atoms with Gasteiger partial charge in [0.25, 0.3) is 0 Å². The van der Waals surface area contributed by atoms with E-state index in [0.717, 1.165) is 25.3 Å². The molecule has 0 fully saturated rings. The van der Waals surface area contributed by atoms with Crippen molar-refractivity contribution in [3.8, 4) is 0 Å². The van der Waals surface area contributed by atoms with Gasteiger partial charge < -0.3 is 18.1 Å². The Bertz CT molecular complexity index is 280. The quantitative estimate of drug-likeness (QED) is 0.203. The lowest BCUT2D eigenvalue weighted by Crippen LogP contribution is -3.00. The van der Waals surface area contributed by atoms with E-state index < -0.39 is 0 Å². The molecule has 0 unspecified atom stereocenters. The fraction of sp³-hybridized carbons (Fsp3) is 0.840. The number of allylic oxidation sites excluding steroid dienone is 2. The molecule has 0 spiro atoms. The highest BCUT2D eigenvalue weighted by molar-refractivity contribution is 4.79. The Hall–Kier alpha value is -0.270. The van der Waals surface area contributed by atoms with Crippen molar-refractivity contribution in [3.63, 3.8) is 0 Å². The van der Waals surface area contributed by atoms with E-state index in [4.69, 9.17) is 0 Å². The first-order valence-electron chi connectivity index (χ1n) is 11.9. The molecule has 162 valence electrons. The summed E-state index contributed by atoms with van der Waals surface area (Å²) in [5.41, 5.74) is 3.91. The van der Waals surface area contributed by atoms with Crippen molar-refractivity contribution in [2.45, 2.75) is 122 Å². The highest BCUT2D eigenvalue weighted by Crippen LogP contribution is 2.19. The van der Waals surface area contributed by atoms with Gasteiger partial charge in [0.2, 0.25) is 0 Å². The van der Waals surface area contributed by atoms with Crippen LogP contribution < -0.4 is 18.1 Å². The van der Waals surface area contributed by atoms with Crippen LogP contribution in [0.5, 0.6) is 0 Å². The molecule has 0 bridgehead atoms. The highest BCUT2D eigenvalue weighted by atomic mass is 35.5. The van der Waals surface area contributed by atoms with Gasteiger partial charge in [0.1, 0.15) is 0 Å². The van der Waals surface area contributed by atoms with Gasteiger partial charge in [-0.2, -0.15) is 0 Å². The van der Waals surface area contributed by atoms with E-state index in [1.54, 1.807) is 0 Å². The fourth-order valence-electron chi connectivity index (χ4n) is 3.89. The predicted molar refractivity (Wildman–Crippen MR) is 119 cm³/mol. The van der Waals surface area contributed by atoms with Gasteiger partial charge in [-0.3, -0.25) is 0 Å². The van der Waals surface area contributed by atoms with Gasteiger partial charge in [-0.15, -0.1) is 13.2 Å². The van der Waals surface area contributed by atoms with Gasteiger partial charge in [-0.25, -0.2) is 0 Å². The summed E-state index contributed by atoms with van der Waals surface area (Å²) in [5, 5.41) is 0. The molecule has 0 saturated carbocycles. The van der Waals surface area contributed by atoms with Crippen LogP contribution in [0.3, 0.4) is 0 Å². The third kappa shape index (κ3) is 23.7. The second kappa shape index (κ2) is 25.7.